The molecule has 400 valence electrons. The van der Waals surface area contributed by atoms with Crippen LogP contribution in [0.4, 0.5) is 52.7 Å². The monoisotopic (exact) mass is 1110 g/mol. The number of nitrogens with zero attached hydrogens (tertiary/aromatic N) is 6. The molecule has 6 heterocycles. The number of aromatic nitrogens is 4. The van der Waals surface area contributed by atoms with Crippen LogP contribution in [0.2, 0.25) is 10.0 Å². The van der Waals surface area contributed by atoms with Crippen molar-refractivity contribution in [3.05, 3.63) is 153 Å². The fourth-order valence-corrected chi connectivity index (χ4v) is 8.08. The standard InChI is InChI=1S/C25H20ClF6N3O2.C21H15ClF3N3O3.C3H6F3N/c1-23(15-9-16(25(30,31)32)11-17(26)10-15)12-18(34-37-23)4-5-19-6-7-20(21-13-33-14-35(19)21)22(36)3-2-8-24(27,28)29;1-20(12-6-13(21(23,24)25)8-14(22)7-12)9-15(27-31-20)2-3-16-4-5-17(19(29)30)18-10-26-11-28(16)18;4-3(5,6)1-2-7/h4-7,9-11,13-14H,2-3,8,12H2,1H3;2-8,10-11H,9H2,1H3,(H,29,30);1-2,7H2/b5-4+;3-2+;. The van der Waals surface area contributed by atoms with Gasteiger partial charge in [-0.1, -0.05) is 33.5 Å². The average molecular weight is 1110 g/mol. The number of benzene rings is 2. The molecule has 0 aliphatic carbocycles. The Morgan fingerprint density at radius 1 is 0.653 bits per heavy atom. The van der Waals surface area contributed by atoms with E-state index in [2.05, 4.69) is 26.0 Å². The number of fused-ring (bicyclic) bond motifs is 2. The molecule has 4 aromatic heterocycles. The molecule has 6 aromatic rings. The average Bonchev–Trinajstić information content (AvgIpc) is 4.14. The van der Waals surface area contributed by atoms with Gasteiger partial charge in [0.15, 0.2) is 17.0 Å². The van der Waals surface area contributed by atoms with Crippen molar-refractivity contribution in [1.29, 1.82) is 0 Å². The molecule has 0 saturated heterocycles. The fourth-order valence-electron chi connectivity index (χ4n) is 7.61. The number of carboxylic acids is 1. The Balaban J connectivity index is 0.000000219. The molecular formula is C49H41Cl2F12N7O5. The number of aromatic carboxylic acids is 1. The van der Waals surface area contributed by atoms with Gasteiger partial charge in [-0.15, -0.1) is 0 Å². The van der Waals surface area contributed by atoms with E-state index in [9.17, 15) is 67.4 Å². The van der Waals surface area contributed by atoms with Gasteiger partial charge in [-0.2, -0.15) is 52.7 Å². The summed E-state index contributed by atoms with van der Waals surface area (Å²) in [4.78, 5) is 42.8. The maximum atomic E-state index is 13.2. The second-order valence-corrected chi connectivity index (χ2v) is 18.1. The highest BCUT2D eigenvalue weighted by atomic mass is 35.5. The lowest BCUT2D eigenvalue weighted by Crippen LogP contribution is -2.22. The van der Waals surface area contributed by atoms with E-state index < -0.39 is 71.6 Å². The molecule has 2 aliphatic rings. The molecule has 2 atom stereocenters. The van der Waals surface area contributed by atoms with E-state index in [1.807, 2.05) is 0 Å². The van der Waals surface area contributed by atoms with Crippen molar-refractivity contribution < 1.29 is 77.1 Å². The number of allylic oxidation sites excluding steroid dienone is 2. The zero-order valence-electron chi connectivity index (χ0n) is 39.0. The Hall–Kier alpha value is -6.92. The van der Waals surface area contributed by atoms with Crippen LogP contribution in [0.5, 0.6) is 0 Å². The van der Waals surface area contributed by atoms with Crippen molar-refractivity contribution in [1.82, 2.24) is 18.8 Å². The summed E-state index contributed by atoms with van der Waals surface area (Å²) in [6, 6.07) is 12.8. The van der Waals surface area contributed by atoms with Crippen LogP contribution in [-0.2, 0) is 33.2 Å². The van der Waals surface area contributed by atoms with E-state index >= 15 is 0 Å². The number of oxime groups is 2. The number of halogens is 14. The quantitative estimate of drug-likeness (QED) is 0.0905. The Morgan fingerprint density at radius 2 is 1.08 bits per heavy atom. The van der Waals surface area contributed by atoms with Gasteiger partial charge in [0.05, 0.1) is 70.6 Å². The number of nitrogens with two attached hydrogens (primary N) is 1. The zero-order valence-corrected chi connectivity index (χ0v) is 40.5. The summed E-state index contributed by atoms with van der Waals surface area (Å²) in [5.41, 5.74) is 4.52. The molecule has 0 saturated carbocycles. The number of ketones is 1. The number of carbonyl (C=O) groups is 2. The predicted molar refractivity (Wildman–Crippen MR) is 253 cm³/mol. The molecule has 2 aromatic carbocycles. The van der Waals surface area contributed by atoms with E-state index in [0.29, 0.717) is 33.8 Å². The van der Waals surface area contributed by atoms with E-state index in [1.54, 1.807) is 59.1 Å². The smallest absolute Gasteiger partial charge is 0.416 e. The molecule has 2 aliphatic heterocycles. The summed E-state index contributed by atoms with van der Waals surface area (Å²) in [6.07, 6.45) is -7.08. The lowest BCUT2D eigenvalue weighted by Gasteiger charge is -2.23. The maximum Gasteiger partial charge on any atom is 0.416 e. The Bertz CT molecular complexity index is 3200. The van der Waals surface area contributed by atoms with Crippen LogP contribution in [0.25, 0.3) is 23.2 Å². The van der Waals surface area contributed by atoms with Crippen LogP contribution in [0, 0.1) is 0 Å². The third kappa shape index (κ3) is 14.9. The van der Waals surface area contributed by atoms with Gasteiger partial charge in [0.25, 0.3) is 0 Å². The van der Waals surface area contributed by atoms with Crippen molar-refractivity contribution in [3.63, 3.8) is 0 Å². The topological polar surface area (TPSA) is 158 Å². The van der Waals surface area contributed by atoms with Gasteiger partial charge in [-0.3, -0.25) is 13.6 Å². The number of imidazole rings is 2. The van der Waals surface area contributed by atoms with Crippen molar-refractivity contribution in [2.24, 2.45) is 16.0 Å². The van der Waals surface area contributed by atoms with Crippen LogP contribution in [0.1, 0.15) is 107 Å². The minimum absolute atomic E-state index is 0.0420. The molecule has 2 unspecified atom stereocenters. The van der Waals surface area contributed by atoms with E-state index in [1.165, 1.54) is 49.3 Å². The van der Waals surface area contributed by atoms with Gasteiger partial charge in [0.2, 0.25) is 0 Å². The number of carbonyl (C=O) groups excluding carboxylic acids is 1. The first-order valence-corrected chi connectivity index (χ1v) is 22.8. The molecule has 3 N–H and O–H groups in total. The Morgan fingerprint density at radius 3 is 1.47 bits per heavy atom. The largest absolute Gasteiger partial charge is 0.478 e. The molecule has 75 heavy (non-hydrogen) atoms. The van der Waals surface area contributed by atoms with E-state index in [-0.39, 0.29) is 64.5 Å². The number of rotatable bonds is 12. The van der Waals surface area contributed by atoms with E-state index in [0.717, 1.165) is 24.3 Å². The normalized spacial score (nSPS) is 18.1. The first-order chi connectivity index (χ1) is 34.9. The van der Waals surface area contributed by atoms with Gasteiger partial charge in [0.1, 0.15) is 0 Å². The Labute approximate surface area is 427 Å². The van der Waals surface area contributed by atoms with Crippen LogP contribution < -0.4 is 5.73 Å². The van der Waals surface area contributed by atoms with Crippen molar-refractivity contribution >= 4 is 69.6 Å². The van der Waals surface area contributed by atoms with Gasteiger partial charge in [-0.05, 0) is 105 Å². The number of Topliss-reactive ketones (excluding diaryl/α,β-unsaturated/α-hetero) is 1. The highest BCUT2D eigenvalue weighted by Gasteiger charge is 2.40. The maximum absolute atomic E-state index is 13.2. The number of hydrogen-bond donors (Lipinski definition) is 2. The van der Waals surface area contributed by atoms with Crippen LogP contribution in [0.3, 0.4) is 0 Å². The summed E-state index contributed by atoms with van der Waals surface area (Å²) in [5.74, 6) is -1.49. The third-order valence-corrected chi connectivity index (χ3v) is 11.8. The number of hydrogen-bond acceptors (Lipinski definition) is 9. The van der Waals surface area contributed by atoms with Gasteiger partial charge in [-0.25, -0.2) is 14.8 Å². The molecule has 12 nitrogen and oxygen atoms in total. The highest BCUT2D eigenvalue weighted by Crippen LogP contribution is 2.42. The Kier molecular flexibility index (Phi) is 17.2. The minimum Gasteiger partial charge on any atom is -0.478 e. The van der Waals surface area contributed by atoms with E-state index in [4.69, 9.17) is 32.9 Å². The molecular weight excluding hydrogens is 1070 g/mol. The molecule has 8 rings (SSSR count). The number of pyridine rings is 2. The minimum atomic E-state index is -4.57. The lowest BCUT2D eigenvalue weighted by atomic mass is 9.89. The predicted octanol–water partition coefficient (Wildman–Crippen LogP) is 13.9. The van der Waals surface area contributed by atoms with Crippen molar-refractivity contribution in [2.75, 3.05) is 6.54 Å². The van der Waals surface area contributed by atoms with Crippen LogP contribution in [-0.4, -0.2) is 65.9 Å². The van der Waals surface area contributed by atoms with Crippen LogP contribution in [0.15, 0.2) is 108 Å². The second kappa shape index (κ2) is 22.5. The van der Waals surface area contributed by atoms with Gasteiger partial charge >= 0.3 is 30.7 Å². The SMILES string of the molecule is CC1(c2cc(Cl)cc(C(F)(F)F)c2)CC(/C=C/c2ccc(C(=O)CCCC(F)(F)F)c3cncn23)=NO1.CC1(c2cc(Cl)cc(C(F)(F)F)c2)CC(/C=C/c2ccc(C(=O)O)c3cncn23)=NO1.NCCC(F)(F)F. The van der Waals surface area contributed by atoms with Crippen LogP contribution >= 0.6 is 23.2 Å². The first kappa shape index (κ1) is 57.4. The fraction of sp³-hybridized carbons (Fsp3) is 0.306. The molecule has 0 radical (unpaired) electrons. The summed E-state index contributed by atoms with van der Waals surface area (Å²) in [5, 5.41) is 17.2. The highest BCUT2D eigenvalue weighted by molar-refractivity contribution is 6.31. The third-order valence-electron chi connectivity index (χ3n) is 11.4. The number of carboxylic acid groups (broad SMARTS) is 1. The van der Waals surface area contributed by atoms with Gasteiger partial charge in [0, 0.05) is 70.4 Å². The lowest BCUT2D eigenvalue weighted by molar-refractivity contribution is -0.138. The summed E-state index contributed by atoms with van der Waals surface area (Å²) < 4.78 is 152. The number of alkyl halides is 12. The summed E-state index contributed by atoms with van der Waals surface area (Å²) >= 11 is 11.8. The first-order valence-electron chi connectivity index (χ1n) is 22.0. The molecule has 0 fully saturated rings. The van der Waals surface area contributed by atoms with Gasteiger partial charge < -0.3 is 20.5 Å². The summed E-state index contributed by atoms with van der Waals surface area (Å²) in [7, 11) is 0. The zero-order chi connectivity index (χ0) is 55.3. The molecule has 0 spiro atoms. The van der Waals surface area contributed by atoms with Crippen molar-refractivity contribution in [3.8, 4) is 0 Å². The van der Waals surface area contributed by atoms with Crippen molar-refractivity contribution in [2.45, 2.75) is 88.3 Å². The molecule has 0 bridgehead atoms. The second-order valence-electron chi connectivity index (χ2n) is 17.3. The molecule has 0 amide bonds. The summed E-state index contributed by atoms with van der Waals surface area (Å²) in [6.45, 7) is 2.93. The molecule has 26 heteroatoms.